The van der Waals surface area contributed by atoms with Crippen LogP contribution in [0.5, 0.6) is 0 Å². The van der Waals surface area contributed by atoms with E-state index in [0.29, 0.717) is 18.2 Å². The van der Waals surface area contributed by atoms with Crippen LogP contribution in [0.25, 0.3) is 67.3 Å². The zero-order valence-corrected chi connectivity index (χ0v) is 32.1. The first-order valence-corrected chi connectivity index (χ1v) is 23.4. The van der Waals surface area contributed by atoms with Gasteiger partial charge < -0.3 is 42.3 Å². The molecular formula is C27H22N6O18S6. The summed E-state index contributed by atoms with van der Waals surface area (Å²) in [6, 6.07) is 7.89. The Kier molecular flexibility index (Phi) is 9.22. The van der Waals surface area contributed by atoms with Crippen molar-refractivity contribution in [3.8, 4) is 34.2 Å². The molecule has 0 spiro atoms. The van der Waals surface area contributed by atoms with Crippen LogP contribution >= 0.6 is 21.7 Å². The molecule has 0 saturated heterocycles. The maximum absolute atomic E-state index is 12.3. The van der Waals surface area contributed by atoms with Crippen molar-refractivity contribution in [1.82, 2.24) is 29.9 Å². The molecular weight excluding hydrogens is 889 g/mol. The van der Waals surface area contributed by atoms with Crippen LogP contribution < -0.4 is 0 Å². The molecule has 24 nitrogen and oxygen atoms in total. The molecule has 0 atom stereocenters. The van der Waals surface area contributed by atoms with Gasteiger partial charge in [-0.2, -0.15) is 33.7 Å². The lowest BCUT2D eigenvalue weighted by molar-refractivity contribution is 0.374. The van der Waals surface area contributed by atoms with Gasteiger partial charge >= 0.3 is 0 Å². The lowest BCUT2D eigenvalue weighted by atomic mass is 10.0. The predicted octanol–water partition coefficient (Wildman–Crippen LogP) is 4.47. The van der Waals surface area contributed by atoms with Crippen LogP contribution in [0.4, 0.5) is 0 Å². The SMILES string of the molecule is O=S(=O)(O)c1cc(S(O)(O)O)c2nc(-c3cc(-c4nc5c(S(=O)(=O)O)cc(S(O)(O)O)cc5[nH]4)cc(-c4nc5c(S(=O)(=O)O)cc(S(=O)(=O)O)cc5[nH]4)c3)[nH]c2c1. The summed E-state index contributed by atoms with van der Waals surface area (Å²) in [5.74, 6) is -0.796. The van der Waals surface area contributed by atoms with Crippen LogP contribution in [0.1, 0.15) is 0 Å². The van der Waals surface area contributed by atoms with E-state index in [1.165, 1.54) is 18.2 Å². The number of nitrogens with one attached hydrogen (secondary N) is 3. The summed E-state index contributed by atoms with van der Waals surface area (Å²) in [5, 5.41) is 0. The predicted molar refractivity (Wildman–Crippen MR) is 198 cm³/mol. The second kappa shape index (κ2) is 12.9. The molecule has 304 valence electrons. The van der Waals surface area contributed by atoms with Gasteiger partial charge in [-0.1, -0.05) is 0 Å². The van der Waals surface area contributed by atoms with Gasteiger partial charge in [0.05, 0.1) is 36.1 Å². The zero-order chi connectivity index (χ0) is 42.0. The fourth-order valence-electron chi connectivity index (χ4n) is 5.69. The fourth-order valence-corrected chi connectivity index (χ4v) is 9.58. The van der Waals surface area contributed by atoms with Crippen LogP contribution in [0, 0.1) is 0 Å². The number of hydrogen-bond donors (Lipinski definition) is 13. The lowest BCUT2D eigenvalue weighted by Crippen LogP contribution is -2.04. The van der Waals surface area contributed by atoms with E-state index in [4.69, 9.17) is 0 Å². The van der Waals surface area contributed by atoms with Crippen molar-refractivity contribution in [2.75, 3.05) is 0 Å². The first-order chi connectivity index (χ1) is 26.0. The van der Waals surface area contributed by atoms with Crippen LogP contribution in [0.2, 0.25) is 0 Å². The van der Waals surface area contributed by atoms with Crippen LogP contribution in [0.15, 0.2) is 84.0 Å². The number of aromatic amines is 3. The fraction of sp³-hybridized carbons (Fsp3) is 0. The van der Waals surface area contributed by atoms with Crippen LogP contribution in [0.3, 0.4) is 0 Å². The molecule has 30 heteroatoms. The van der Waals surface area contributed by atoms with Crippen molar-refractivity contribution in [2.45, 2.75) is 29.4 Å². The highest BCUT2D eigenvalue weighted by Gasteiger charge is 2.29. The van der Waals surface area contributed by atoms with E-state index in [1.54, 1.807) is 0 Å². The molecule has 0 aliphatic carbocycles. The maximum atomic E-state index is 12.3. The Morgan fingerprint density at radius 1 is 0.351 bits per heavy atom. The van der Waals surface area contributed by atoms with Crippen molar-refractivity contribution in [3.05, 3.63) is 54.6 Å². The molecule has 0 unspecified atom stereocenters. The number of rotatable bonds is 9. The Bertz CT molecular complexity index is 3330. The van der Waals surface area contributed by atoms with Gasteiger partial charge in [-0.15, -0.1) is 0 Å². The molecule has 7 rings (SSSR count). The molecule has 0 fully saturated rings. The van der Waals surface area contributed by atoms with Gasteiger partial charge in [-0.25, -0.2) is 15.0 Å². The average molecular weight is 911 g/mol. The van der Waals surface area contributed by atoms with Gasteiger partial charge in [0, 0.05) is 16.7 Å². The van der Waals surface area contributed by atoms with Crippen LogP contribution in [-0.4, -0.2) is 109 Å². The Hall–Kier alpha value is -4.61. The molecule has 0 aliphatic rings. The van der Waals surface area contributed by atoms with E-state index < -0.39 is 108 Å². The molecule has 0 aliphatic heterocycles. The second-order valence-corrected chi connectivity index (χ2v) is 20.6. The van der Waals surface area contributed by atoms with Gasteiger partial charge in [0.2, 0.25) is 0 Å². The van der Waals surface area contributed by atoms with Crippen LogP contribution in [-0.2, 0) is 40.5 Å². The van der Waals surface area contributed by atoms with Gasteiger partial charge in [0.25, 0.3) is 40.5 Å². The number of benzene rings is 4. The Balaban J connectivity index is 1.54. The molecule has 57 heavy (non-hydrogen) atoms. The summed E-state index contributed by atoms with van der Waals surface area (Å²) in [6.45, 7) is 0. The molecule has 0 radical (unpaired) electrons. The lowest BCUT2D eigenvalue weighted by Gasteiger charge is -2.19. The number of hydrogen-bond acceptors (Lipinski definition) is 17. The third kappa shape index (κ3) is 7.72. The standard InChI is InChI=1S/C27H22N6O18S6/c34-52(35,36)13-4-16-22(19(7-13)55(43,44)45)31-25(28-16)10-1-11(26-29-17-5-14(53(37,38)39)8-20(23(17)32-26)56(46,47)48)3-12(2-10)27-30-18-6-15(54(40,41)42)9-21(24(18)33-27)57(49,50)51/h1-9,34-36,46-48H,(H,28,31)(H,29,32)(H,30,33)(H,37,38,39)(H,40,41,42)(H,43,44,45)(H,49,50,51). The summed E-state index contributed by atoms with van der Waals surface area (Å²) in [4.78, 5) is 15.2. The normalized spacial score (nSPS) is 14.2. The number of H-pyrrole nitrogens is 3. The maximum Gasteiger partial charge on any atom is 0.296 e. The van der Waals surface area contributed by atoms with Gasteiger partial charge in [-0.3, -0.25) is 18.2 Å². The smallest absolute Gasteiger partial charge is 0.296 e. The van der Waals surface area contributed by atoms with Crippen molar-refractivity contribution < 1.29 is 79.2 Å². The first-order valence-electron chi connectivity index (χ1n) is 14.7. The van der Waals surface area contributed by atoms with E-state index in [1.807, 2.05) is 0 Å². The van der Waals surface area contributed by atoms with Gasteiger partial charge in [-0.05, 0) is 54.6 Å². The van der Waals surface area contributed by atoms with E-state index in [-0.39, 0.29) is 50.7 Å². The van der Waals surface area contributed by atoms with Crippen molar-refractivity contribution in [2.24, 2.45) is 0 Å². The summed E-state index contributed by atoms with van der Waals surface area (Å²) in [5.41, 5.74) is -2.52. The summed E-state index contributed by atoms with van der Waals surface area (Å²) >= 11 is 0. The summed E-state index contributed by atoms with van der Waals surface area (Å²) in [6.07, 6.45) is 0. The second-order valence-electron chi connectivity index (χ2n) is 11.9. The average Bonchev–Trinajstić information content (AvgIpc) is 3.80. The highest BCUT2D eigenvalue weighted by molar-refractivity contribution is 8.19. The topological polar surface area (TPSA) is 425 Å². The molecule has 13 N–H and O–H groups in total. The largest absolute Gasteiger partial charge is 0.338 e. The molecule has 0 saturated carbocycles. The van der Waals surface area contributed by atoms with E-state index in [2.05, 4.69) is 29.9 Å². The Morgan fingerprint density at radius 3 is 0.947 bits per heavy atom. The minimum absolute atomic E-state index is 0.0535. The summed E-state index contributed by atoms with van der Waals surface area (Å²) < 4.78 is 196. The third-order valence-corrected chi connectivity index (χ3v) is 13.3. The zero-order valence-electron chi connectivity index (χ0n) is 27.2. The minimum Gasteiger partial charge on any atom is -0.338 e. The molecule has 4 aromatic carbocycles. The van der Waals surface area contributed by atoms with Crippen molar-refractivity contribution in [1.29, 1.82) is 0 Å². The van der Waals surface area contributed by atoms with E-state index in [0.717, 1.165) is 18.2 Å². The Labute approximate surface area is 321 Å². The third-order valence-electron chi connectivity index (χ3n) is 8.09. The number of fused-ring (bicyclic) bond motifs is 3. The minimum atomic E-state index is -5.20. The highest BCUT2D eigenvalue weighted by Crippen LogP contribution is 2.49. The molecule has 7 aromatic rings. The van der Waals surface area contributed by atoms with Gasteiger partial charge in [0.1, 0.15) is 65.6 Å². The van der Waals surface area contributed by atoms with Crippen molar-refractivity contribution >= 4 is 95.3 Å². The first kappa shape index (κ1) is 40.6. The molecule has 0 bridgehead atoms. The van der Waals surface area contributed by atoms with Crippen molar-refractivity contribution in [3.63, 3.8) is 0 Å². The van der Waals surface area contributed by atoms with E-state index >= 15 is 0 Å². The molecule has 3 heterocycles. The Morgan fingerprint density at radius 2 is 0.649 bits per heavy atom. The van der Waals surface area contributed by atoms with E-state index in [9.17, 15) is 79.2 Å². The number of imidazole rings is 3. The molecule has 3 aromatic heterocycles. The summed E-state index contributed by atoms with van der Waals surface area (Å²) in [7, 11) is -29.7. The highest BCUT2D eigenvalue weighted by atomic mass is 32.3. The monoisotopic (exact) mass is 910 g/mol. The number of nitrogens with zero attached hydrogens (tertiary/aromatic N) is 3. The molecule has 0 amide bonds. The quantitative estimate of drug-likeness (QED) is 0.0888. The number of aromatic nitrogens is 6. The van der Waals surface area contributed by atoms with Gasteiger partial charge in [0.15, 0.2) is 0 Å².